The lowest BCUT2D eigenvalue weighted by atomic mass is 10.2. The molecule has 0 spiro atoms. The lowest BCUT2D eigenvalue weighted by molar-refractivity contribution is 0.416. The first-order chi connectivity index (χ1) is 11.8. The normalized spacial score (nSPS) is 15.0. The Morgan fingerprint density at radius 2 is 1.67 bits per heavy atom. The molecule has 24 heavy (non-hydrogen) atoms. The maximum absolute atomic E-state index is 5.79. The summed E-state index contributed by atoms with van der Waals surface area (Å²) < 4.78 is 7.12. The highest BCUT2D eigenvalue weighted by Crippen LogP contribution is 2.26. The number of nitrogens with zero attached hydrogens (tertiary/aromatic N) is 5. The van der Waals surface area contributed by atoms with Crippen molar-refractivity contribution < 1.29 is 4.74 Å². The molecule has 2 N–H and O–H groups in total. The van der Waals surface area contributed by atoms with Crippen LogP contribution in [0.1, 0.15) is 0 Å². The van der Waals surface area contributed by atoms with Crippen LogP contribution in [0.15, 0.2) is 42.5 Å². The Kier molecular flexibility index (Phi) is 3.60. The zero-order chi connectivity index (χ0) is 16.5. The fourth-order valence-corrected chi connectivity index (χ4v) is 3.17. The van der Waals surface area contributed by atoms with Crippen LogP contribution in [0.5, 0.6) is 5.75 Å². The van der Waals surface area contributed by atoms with E-state index in [4.69, 9.17) is 10.5 Å². The maximum atomic E-state index is 5.79. The second-order valence-corrected chi connectivity index (χ2v) is 5.77. The number of methoxy groups -OCH3 is 1. The molecule has 2 aromatic heterocycles. The van der Waals surface area contributed by atoms with Crippen LogP contribution < -0.4 is 20.3 Å². The molecule has 1 aromatic carbocycles. The molecule has 3 aromatic rings. The molecular weight excluding hydrogens is 304 g/mol. The molecule has 7 nitrogen and oxygen atoms in total. The standard InChI is InChI=1S/C17H20N6O/c1-24-14-7-8-15(23-16(14)19-17(18)20-23)22-11-9-21(10-12-22)13-5-3-2-4-6-13/h2-8H,9-12H2,1H3,(H2,18,20). The Labute approximate surface area is 140 Å². The van der Waals surface area contributed by atoms with Crippen LogP contribution in [0, 0.1) is 0 Å². The lowest BCUT2D eigenvalue weighted by Crippen LogP contribution is -2.47. The SMILES string of the molecule is COc1ccc(N2CCN(c3ccccc3)CC2)n2nc(N)nc12. The van der Waals surface area contributed by atoms with Crippen molar-refractivity contribution in [3.05, 3.63) is 42.5 Å². The minimum absolute atomic E-state index is 0.253. The molecule has 1 aliphatic heterocycles. The van der Waals surface area contributed by atoms with Crippen LogP contribution >= 0.6 is 0 Å². The minimum Gasteiger partial charge on any atom is -0.493 e. The van der Waals surface area contributed by atoms with Gasteiger partial charge in [0.2, 0.25) is 11.6 Å². The molecule has 4 rings (SSSR count). The van der Waals surface area contributed by atoms with Crippen LogP contribution in [-0.2, 0) is 0 Å². The predicted molar refractivity (Wildman–Crippen MR) is 94.8 cm³/mol. The van der Waals surface area contributed by atoms with E-state index in [2.05, 4.69) is 44.1 Å². The van der Waals surface area contributed by atoms with Gasteiger partial charge in [-0.05, 0) is 24.3 Å². The summed E-state index contributed by atoms with van der Waals surface area (Å²) in [6.45, 7) is 3.75. The molecule has 0 amide bonds. The summed E-state index contributed by atoms with van der Waals surface area (Å²) in [7, 11) is 1.62. The average Bonchev–Trinajstić information content (AvgIpc) is 3.03. The van der Waals surface area contributed by atoms with Crippen molar-refractivity contribution >= 4 is 23.1 Å². The number of benzene rings is 1. The van der Waals surface area contributed by atoms with Gasteiger partial charge in [-0.1, -0.05) is 18.2 Å². The van der Waals surface area contributed by atoms with Gasteiger partial charge in [-0.3, -0.25) is 0 Å². The molecule has 0 radical (unpaired) electrons. The average molecular weight is 324 g/mol. The Balaban J connectivity index is 1.59. The van der Waals surface area contributed by atoms with Gasteiger partial charge in [-0.25, -0.2) is 0 Å². The van der Waals surface area contributed by atoms with Gasteiger partial charge in [-0.15, -0.1) is 5.10 Å². The van der Waals surface area contributed by atoms with E-state index in [9.17, 15) is 0 Å². The van der Waals surface area contributed by atoms with Crippen LogP contribution in [0.3, 0.4) is 0 Å². The van der Waals surface area contributed by atoms with Gasteiger partial charge in [0.1, 0.15) is 5.82 Å². The van der Waals surface area contributed by atoms with Gasteiger partial charge in [0.25, 0.3) is 0 Å². The molecule has 3 heterocycles. The second-order valence-electron chi connectivity index (χ2n) is 5.77. The Morgan fingerprint density at radius 1 is 0.958 bits per heavy atom. The number of ether oxygens (including phenoxy) is 1. The second kappa shape index (κ2) is 5.92. The fraction of sp³-hybridized carbons (Fsp3) is 0.294. The highest BCUT2D eigenvalue weighted by Gasteiger charge is 2.21. The number of nitrogen functional groups attached to an aromatic ring is 1. The summed E-state index contributed by atoms with van der Waals surface area (Å²) in [5, 5.41) is 4.32. The first-order valence-corrected chi connectivity index (χ1v) is 8.00. The van der Waals surface area contributed by atoms with Gasteiger partial charge in [0.05, 0.1) is 7.11 Å². The molecule has 1 aliphatic rings. The maximum Gasteiger partial charge on any atom is 0.240 e. The summed E-state index contributed by atoms with van der Waals surface area (Å²) in [6.07, 6.45) is 0. The van der Waals surface area contributed by atoms with E-state index in [1.165, 1.54) is 5.69 Å². The molecule has 0 atom stereocenters. The number of rotatable bonds is 3. The summed E-state index contributed by atoms with van der Waals surface area (Å²) in [5.41, 5.74) is 7.70. The number of nitrogens with two attached hydrogens (primary N) is 1. The summed E-state index contributed by atoms with van der Waals surface area (Å²) in [6, 6.07) is 14.4. The van der Waals surface area contributed by atoms with Crippen LogP contribution in [0.25, 0.3) is 5.65 Å². The van der Waals surface area contributed by atoms with Crippen molar-refractivity contribution in [1.29, 1.82) is 0 Å². The van der Waals surface area contributed by atoms with Crippen molar-refractivity contribution in [1.82, 2.24) is 14.6 Å². The Bertz CT molecular complexity index is 839. The van der Waals surface area contributed by atoms with E-state index < -0.39 is 0 Å². The lowest BCUT2D eigenvalue weighted by Gasteiger charge is -2.37. The summed E-state index contributed by atoms with van der Waals surface area (Å²) in [5.74, 6) is 1.91. The smallest absolute Gasteiger partial charge is 0.240 e. The zero-order valence-corrected chi connectivity index (χ0v) is 13.6. The van der Waals surface area contributed by atoms with E-state index in [1.807, 2.05) is 18.2 Å². The van der Waals surface area contributed by atoms with Crippen molar-refractivity contribution in [3.8, 4) is 5.75 Å². The molecule has 124 valence electrons. The molecule has 1 fully saturated rings. The van der Waals surface area contributed by atoms with E-state index in [-0.39, 0.29) is 5.95 Å². The number of pyridine rings is 1. The molecule has 1 saturated heterocycles. The van der Waals surface area contributed by atoms with Crippen molar-refractivity contribution in [2.24, 2.45) is 0 Å². The van der Waals surface area contributed by atoms with Gasteiger partial charge < -0.3 is 20.3 Å². The number of piperazine rings is 1. The molecule has 0 unspecified atom stereocenters. The molecule has 0 bridgehead atoms. The van der Waals surface area contributed by atoms with E-state index in [0.29, 0.717) is 11.4 Å². The Hall–Kier alpha value is -2.96. The number of hydrogen-bond donors (Lipinski definition) is 1. The quantitative estimate of drug-likeness (QED) is 0.790. The molecule has 7 heteroatoms. The van der Waals surface area contributed by atoms with Gasteiger partial charge >= 0.3 is 0 Å². The number of fused-ring (bicyclic) bond motifs is 1. The first kappa shape index (κ1) is 14.6. The predicted octanol–water partition coefficient (Wildman–Crippen LogP) is 1.65. The van der Waals surface area contributed by atoms with Gasteiger partial charge in [0.15, 0.2) is 5.75 Å². The van der Waals surface area contributed by atoms with E-state index in [0.717, 1.165) is 32.0 Å². The topological polar surface area (TPSA) is 71.9 Å². The third kappa shape index (κ3) is 2.47. The molecular formula is C17H20N6O. The monoisotopic (exact) mass is 324 g/mol. The van der Waals surface area contributed by atoms with Crippen molar-refractivity contribution in [2.75, 3.05) is 48.8 Å². The minimum atomic E-state index is 0.253. The van der Waals surface area contributed by atoms with E-state index >= 15 is 0 Å². The fourth-order valence-electron chi connectivity index (χ4n) is 3.17. The van der Waals surface area contributed by atoms with Crippen LogP contribution in [0.4, 0.5) is 17.5 Å². The Morgan fingerprint density at radius 3 is 2.38 bits per heavy atom. The molecule has 0 saturated carbocycles. The van der Waals surface area contributed by atoms with Gasteiger partial charge in [0, 0.05) is 31.9 Å². The number of para-hydroxylation sites is 1. The van der Waals surface area contributed by atoms with Crippen molar-refractivity contribution in [2.45, 2.75) is 0 Å². The largest absolute Gasteiger partial charge is 0.493 e. The summed E-state index contributed by atoms with van der Waals surface area (Å²) >= 11 is 0. The van der Waals surface area contributed by atoms with E-state index in [1.54, 1.807) is 11.6 Å². The van der Waals surface area contributed by atoms with Crippen LogP contribution in [0.2, 0.25) is 0 Å². The third-order valence-electron chi connectivity index (χ3n) is 4.39. The number of aromatic nitrogens is 3. The van der Waals surface area contributed by atoms with Crippen molar-refractivity contribution in [3.63, 3.8) is 0 Å². The summed E-state index contributed by atoms with van der Waals surface area (Å²) in [4.78, 5) is 8.97. The highest BCUT2D eigenvalue weighted by molar-refractivity contribution is 5.62. The van der Waals surface area contributed by atoms with Gasteiger partial charge in [-0.2, -0.15) is 9.50 Å². The van der Waals surface area contributed by atoms with Crippen LogP contribution in [-0.4, -0.2) is 47.9 Å². The highest BCUT2D eigenvalue weighted by atomic mass is 16.5. The zero-order valence-electron chi connectivity index (χ0n) is 13.6. The number of hydrogen-bond acceptors (Lipinski definition) is 6. The third-order valence-corrected chi connectivity index (χ3v) is 4.39. The molecule has 0 aliphatic carbocycles. The number of anilines is 3. The first-order valence-electron chi connectivity index (χ1n) is 8.00.